The lowest BCUT2D eigenvalue weighted by molar-refractivity contribution is -0.175. The molecule has 0 radical (unpaired) electrons. The van der Waals surface area contributed by atoms with Gasteiger partial charge in [0, 0.05) is 0 Å². The average molecular weight is 390 g/mol. The maximum Gasteiger partial charge on any atom is 0.323 e. The van der Waals surface area contributed by atoms with E-state index in [1.807, 2.05) is 20.8 Å². The van der Waals surface area contributed by atoms with Gasteiger partial charge < -0.3 is 15.2 Å². The van der Waals surface area contributed by atoms with Crippen LogP contribution in [0.1, 0.15) is 78.6 Å². The van der Waals surface area contributed by atoms with Gasteiger partial charge in [-0.05, 0) is 38.0 Å². The van der Waals surface area contributed by atoms with Crippen LogP contribution in [0, 0.1) is 17.8 Å². The van der Waals surface area contributed by atoms with Gasteiger partial charge in [0.25, 0.3) is 0 Å². The van der Waals surface area contributed by atoms with E-state index in [9.17, 15) is 9.59 Å². The second-order valence-corrected chi connectivity index (χ2v) is 8.24. The van der Waals surface area contributed by atoms with Crippen molar-refractivity contribution >= 4 is 24.3 Å². The van der Waals surface area contributed by atoms with Crippen LogP contribution in [0.5, 0.6) is 0 Å². The maximum atomic E-state index is 12.2. The fraction of sp³-hybridized carbons (Fsp3) is 0.900. The topological polar surface area (TPSA) is 78.6 Å². The molecule has 6 heteroatoms. The number of halogens is 1. The summed E-state index contributed by atoms with van der Waals surface area (Å²) in [7, 11) is 0. The molecule has 2 N–H and O–H groups in total. The van der Waals surface area contributed by atoms with Crippen molar-refractivity contribution in [2.75, 3.05) is 0 Å². The number of cyclic esters (lactones) is 1. The molecule has 1 heterocycles. The van der Waals surface area contributed by atoms with Crippen LogP contribution in [0.15, 0.2) is 0 Å². The summed E-state index contributed by atoms with van der Waals surface area (Å²) in [6.45, 7) is 5.51. The quantitative estimate of drug-likeness (QED) is 0.735. The molecule has 0 bridgehead atoms. The lowest BCUT2D eigenvalue weighted by Gasteiger charge is -2.34. The zero-order valence-electron chi connectivity index (χ0n) is 16.4. The van der Waals surface area contributed by atoms with Crippen molar-refractivity contribution < 1.29 is 19.1 Å². The Balaban J connectivity index is 0.00000338. The van der Waals surface area contributed by atoms with E-state index in [0.717, 1.165) is 25.7 Å². The summed E-state index contributed by atoms with van der Waals surface area (Å²) in [5.41, 5.74) is 5.91. The van der Waals surface area contributed by atoms with Crippen molar-refractivity contribution in [3.8, 4) is 0 Å². The van der Waals surface area contributed by atoms with E-state index >= 15 is 0 Å². The van der Waals surface area contributed by atoms with Crippen molar-refractivity contribution in [1.82, 2.24) is 0 Å². The number of esters is 2. The van der Waals surface area contributed by atoms with E-state index in [1.165, 1.54) is 25.7 Å². The third-order valence-corrected chi connectivity index (χ3v) is 5.71. The Hall–Kier alpha value is -0.810. The number of nitrogens with two attached hydrogens (primary N) is 1. The van der Waals surface area contributed by atoms with E-state index < -0.39 is 12.1 Å². The summed E-state index contributed by atoms with van der Waals surface area (Å²) in [5.74, 6) is 0.180. The highest BCUT2D eigenvalue weighted by Gasteiger charge is 2.36. The predicted octanol–water partition coefficient (Wildman–Crippen LogP) is 4.01. The predicted molar refractivity (Wildman–Crippen MR) is 104 cm³/mol. The molecule has 152 valence electrons. The monoisotopic (exact) mass is 389 g/mol. The van der Waals surface area contributed by atoms with Crippen molar-refractivity contribution in [2.24, 2.45) is 23.5 Å². The van der Waals surface area contributed by atoms with Crippen molar-refractivity contribution in [2.45, 2.75) is 96.8 Å². The first-order valence-corrected chi connectivity index (χ1v) is 10.0. The summed E-state index contributed by atoms with van der Waals surface area (Å²) >= 11 is 0. The molecule has 4 atom stereocenters. The summed E-state index contributed by atoms with van der Waals surface area (Å²) in [5, 5.41) is 0. The fourth-order valence-corrected chi connectivity index (χ4v) is 4.16. The minimum absolute atomic E-state index is 0. The molecule has 1 saturated heterocycles. The summed E-state index contributed by atoms with van der Waals surface area (Å²) in [6.07, 6.45) is 8.96. The van der Waals surface area contributed by atoms with Gasteiger partial charge in [-0.15, -0.1) is 12.4 Å². The Morgan fingerprint density at radius 2 is 1.73 bits per heavy atom. The van der Waals surface area contributed by atoms with Crippen LogP contribution in [0.3, 0.4) is 0 Å². The van der Waals surface area contributed by atoms with Crippen molar-refractivity contribution in [3.05, 3.63) is 0 Å². The molecule has 0 amide bonds. The lowest BCUT2D eigenvalue weighted by Crippen LogP contribution is -2.44. The van der Waals surface area contributed by atoms with Crippen LogP contribution < -0.4 is 5.73 Å². The van der Waals surface area contributed by atoms with E-state index in [0.29, 0.717) is 12.3 Å². The maximum absolute atomic E-state index is 12.2. The number of carbonyl (C=O) groups excluding carboxylic acids is 2. The Morgan fingerprint density at radius 3 is 2.35 bits per heavy atom. The minimum atomic E-state index is -0.574. The first-order valence-electron chi connectivity index (χ1n) is 10.0. The molecule has 1 aliphatic carbocycles. The molecule has 0 aromatic rings. The Kier molecular flexibility index (Phi) is 9.94. The standard InChI is InChI=1S/C20H35NO4.ClH/c1-13(2)19(22)25-18-14(3)24-20(23)17(21)11-7-6-10-16(18)12-15-8-4-5-9-15;/h13-18H,4-12,21H2,1-3H3;1H/t14-,16+,17-,18-;/m0./s1. The van der Waals surface area contributed by atoms with Gasteiger partial charge in [0.05, 0.1) is 5.92 Å². The summed E-state index contributed by atoms with van der Waals surface area (Å²) in [4.78, 5) is 24.4. The first-order chi connectivity index (χ1) is 11.9. The zero-order chi connectivity index (χ0) is 18.4. The second-order valence-electron chi connectivity index (χ2n) is 8.24. The molecular formula is C20H36ClNO4. The summed E-state index contributed by atoms with van der Waals surface area (Å²) in [6, 6.07) is -0.574. The van der Waals surface area contributed by atoms with Crippen LogP contribution >= 0.6 is 12.4 Å². The van der Waals surface area contributed by atoms with Crippen molar-refractivity contribution in [3.63, 3.8) is 0 Å². The number of carbonyl (C=O) groups is 2. The van der Waals surface area contributed by atoms with Crippen LogP contribution in [0.4, 0.5) is 0 Å². The smallest absolute Gasteiger partial charge is 0.323 e. The van der Waals surface area contributed by atoms with Gasteiger partial charge in [-0.2, -0.15) is 0 Å². The van der Waals surface area contributed by atoms with Crippen LogP contribution in [0.2, 0.25) is 0 Å². The van der Waals surface area contributed by atoms with Crippen LogP contribution in [-0.4, -0.2) is 30.2 Å². The van der Waals surface area contributed by atoms with Gasteiger partial charge >= 0.3 is 11.9 Å². The van der Waals surface area contributed by atoms with Gasteiger partial charge in [-0.3, -0.25) is 9.59 Å². The second kappa shape index (κ2) is 11.1. The average Bonchev–Trinajstić information content (AvgIpc) is 3.07. The fourth-order valence-electron chi connectivity index (χ4n) is 4.16. The lowest BCUT2D eigenvalue weighted by atomic mass is 9.83. The van der Waals surface area contributed by atoms with Gasteiger partial charge in [0.2, 0.25) is 0 Å². The molecule has 0 unspecified atom stereocenters. The molecule has 2 aliphatic rings. The SMILES string of the molecule is CC(C)C(=O)O[C@@H]1[C@@H](CC2CCCC2)CCCC[C@H](N)C(=O)O[C@H]1C.Cl. The number of hydrogen-bond donors (Lipinski definition) is 1. The molecule has 0 spiro atoms. The molecule has 5 nitrogen and oxygen atoms in total. The molecule has 26 heavy (non-hydrogen) atoms. The van der Waals surface area contributed by atoms with E-state index in [4.69, 9.17) is 15.2 Å². The molecular weight excluding hydrogens is 354 g/mol. The highest BCUT2D eigenvalue weighted by atomic mass is 35.5. The highest BCUT2D eigenvalue weighted by molar-refractivity contribution is 5.85. The van der Waals surface area contributed by atoms with Crippen molar-refractivity contribution in [1.29, 1.82) is 0 Å². The third-order valence-electron chi connectivity index (χ3n) is 5.71. The number of rotatable bonds is 4. The van der Waals surface area contributed by atoms with E-state index in [-0.39, 0.29) is 42.3 Å². The Morgan fingerprint density at radius 1 is 1.15 bits per heavy atom. The van der Waals surface area contributed by atoms with Gasteiger partial charge in [-0.25, -0.2) is 0 Å². The zero-order valence-corrected chi connectivity index (χ0v) is 17.3. The highest BCUT2D eigenvalue weighted by Crippen LogP contribution is 2.36. The van der Waals surface area contributed by atoms with Gasteiger partial charge in [0.15, 0.2) is 0 Å². The normalized spacial score (nSPS) is 31.2. The van der Waals surface area contributed by atoms with Crippen LogP contribution in [-0.2, 0) is 19.1 Å². The molecule has 1 saturated carbocycles. The van der Waals surface area contributed by atoms with Gasteiger partial charge in [-0.1, -0.05) is 52.4 Å². The summed E-state index contributed by atoms with van der Waals surface area (Å²) < 4.78 is 11.4. The first kappa shape index (κ1) is 23.2. The molecule has 2 rings (SSSR count). The van der Waals surface area contributed by atoms with E-state index in [2.05, 4.69) is 0 Å². The molecule has 1 aliphatic heterocycles. The molecule has 2 fully saturated rings. The Labute approximate surface area is 164 Å². The molecule has 0 aromatic carbocycles. The largest absolute Gasteiger partial charge is 0.458 e. The minimum Gasteiger partial charge on any atom is -0.458 e. The Bertz CT molecular complexity index is 451. The van der Waals surface area contributed by atoms with Gasteiger partial charge in [0.1, 0.15) is 18.2 Å². The van der Waals surface area contributed by atoms with E-state index in [1.54, 1.807) is 0 Å². The van der Waals surface area contributed by atoms with Crippen LogP contribution in [0.25, 0.3) is 0 Å². The number of ether oxygens (including phenoxy) is 2. The third kappa shape index (κ3) is 6.73. The molecule has 0 aromatic heterocycles. The number of hydrogen-bond acceptors (Lipinski definition) is 5.